The molecule has 1 heterocycles. The Bertz CT molecular complexity index is 276. The minimum absolute atomic E-state index is 0.153. The van der Waals surface area contributed by atoms with Crippen molar-refractivity contribution >= 4 is 9.84 Å². The lowest BCUT2D eigenvalue weighted by Gasteiger charge is -2.20. The molecule has 1 rings (SSSR count). The number of nitrogens with one attached hydrogen (secondary N) is 1. The second kappa shape index (κ2) is 4.59. The summed E-state index contributed by atoms with van der Waals surface area (Å²) >= 11 is 0. The topological polar surface area (TPSA) is 55.4 Å². The van der Waals surface area contributed by atoms with Crippen molar-refractivity contribution in [3.05, 3.63) is 0 Å². The van der Waals surface area contributed by atoms with Crippen molar-refractivity contribution in [3.8, 4) is 0 Å². The SMILES string of the molecule is CNCC(C)S(=O)(=O)C1CCOC1C. The van der Waals surface area contributed by atoms with Crippen molar-refractivity contribution in [1.82, 2.24) is 5.32 Å². The summed E-state index contributed by atoms with van der Waals surface area (Å²) in [6.45, 7) is 4.65. The molecule has 0 spiro atoms. The number of hydrogen-bond donors (Lipinski definition) is 1. The molecule has 0 amide bonds. The lowest BCUT2D eigenvalue weighted by atomic mass is 10.3. The van der Waals surface area contributed by atoms with Crippen LogP contribution in [-0.2, 0) is 14.6 Å². The summed E-state index contributed by atoms with van der Waals surface area (Å²) in [4.78, 5) is 0. The van der Waals surface area contributed by atoms with Gasteiger partial charge in [0.05, 0.1) is 16.6 Å². The fraction of sp³-hybridized carbons (Fsp3) is 1.00. The lowest BCUT2D eigenvalue weighted by Crippen LogP contribution is -2.39. The molecule has 0 radical (unpaired) electrons. The highest BCUT2D eigenvalue weighted by molar-refractivity contribution is 7.92. The van der Waals surface area contributed by atoms with E-state index in [2.05, 4.69) is 5.32 Å². The van der Waals surface area contributed by atoms with Crippen LogP contribution in [0.15, 0.2) is 0 Å². The Kier molecular flexibility index (Phi) is 3.92. The standard InChI is InChI=1S/C9H19NO3S/c1-7(6-10-3)14(11,12)9-4-5-13-8(9)2/h7-10H,4-6H2,1-3H3. The Balaban J connectivity index is 2.73. The summed E-state index contributed by atoms with van der Waals surface area (Å²) in [6, 6.07) is 0. The van der Waals surface area contributed by atoms with E-state index in [9.17, 15) is 8.42 Å². The Hall–Kier alpha value is -0.130. The Morgan fingerprint density at radius 3 is 2.64 bits per heavy atom. The zero-order chi connectivity index (χ0) is 10.8. The van der Waals surface area contributed by atoms with Crippen LogP contribution in [0.1, 0.15) is 20.3 Å². The van der Waals surface area contributed by atoms with Gasteiger partial charge in [0.1, 0.15) is 0 Å². The third-order valence-corrected chi connectivity index (χ3v) is 5.53. The first-order valence-corrected chi connectivity index (χ1v) is 6.60. The summed E-state index contributed by atoms with van der Waals surface area (Å²) < 4.78 is 29.3. The molecule has 14 heavy (non-hydrogen) atoms. The molecule has 5 heteroatoms. The van der Waals surface area contributed by atoms with E-state index in [1.165, 1.54) is 0 Å². The van der Waals surface area contributed by atoms with E-state index >= 15 is 0 Å². The van der Waals surface area contributed by atoms with Crippen molar-refractivity contribution in [2.24, 2.45) is 0 Å². The molecular formula is C9H19NO3S. The lowest BCUT2D eigenvalue weighted by molar-refractivity contribution is 0.126. The molecule has 0 aromatic heterocycles. The van der Waals surface area contributed by atoms with Crippen molar-refractivity contribution in [2.75, 3.05) is 20.2 Å². The first-order chi connectivity index (χ1) is 6.50. The molecule has 1 N–H and O–H groups in total. The van der Waals surface area contributed by atoms with Gasteiger partial charge in [-0.15, -0.1) is 0 Å². The highest BCUT2D eigenvalue weighted by Crippen LogP contribution is 2.23. The van der Waals surface area contributed by atoms with Gasteiger partial charge in [0.2, 0.25) is 0 Å². The molecule has 0 aromatic rings. The maximum Gasteiger partial charge on any atom is 0.159 e. The zero-order valence-corrected chi connectivity index (χ0v) is 9.80. The van der Waals surface area contributed by atoms with E-state index in [4.69, 9.17) is 4.74 Å². The van der Waals surface area contributed by atoms with Crippen LogP contribution in [0, 0.1) is 0 Å². The monoisotopic (exact) mass is 221 g/mol. The predicted molar refractivity (Wildman–Crippen MR) is 56.1 cm³/mol. The largest absolute Gasteiger partial charge is 0.377 e. The summed E-state index contributed by atoms with van der Waals surface area (Å²) in [5.74, 6) is 0. The maximum absolute atomic E-state index is 12.0. The Morgan fingerprint density at radius 2 is 2.21 bits per heavy atom. The van der Waals surface area contributed by atoms with Crippen LogP contribution in [-0.4, -0.2) is 45.2 Å². The van der Waals surface area contributed by atoms with E-state index in [-0.39, 0.29) is 16.6 Å². The van der Waals surface area contributed by atoms with E-state index in [0.29, 0.717) is 19.6 Å². The van der Waals surface area contributed by atoms with Gasteiger partial charge in [0.25, 0.3) is 0 Å². The van der Waals surface area contributed by atoms with E-state index in [1.807, 2.05) is 6.92 Å². The maximum atomic E-state index is 12.0. The molecule has 1 saturated heterocycles. The third kappa shape index (κ3) is 2.27. The van der Waals surface area contributed by atoms with Gasteiger partial charge in [-0.1, -0.05) is 0 Å². The van der Waals surface area contributed by atoms with Crippen LogP contribution >= 0.6 is 0 Å². The fourth-order valence-electron chi connectivity index (χ4n) is 1.85. The summed E-state index contributed by atoms with van der Waals surface area (Å²) in [5, 5.41) is 2.25. The van der Waals surface area contributed by atoms with Gasteiger partial charge in [0.15, 0.2) is 9.84 Å². The number of rotatable bonds is 4. The van der Waals surface area contributed by atoms with Crippen LogP contribution in [0.5, 0.6) is 0 Å². The van der Waals surface area contributed by atoms with Crippen LogP contribution in [0.25, 0.3) is 0 Å². The summed E-state index contributed by atoms with van der Waals surface area (Å²) in [5.41, 5.74) is 0. The van der Waals surface area contributed by atoms with Crippen molar-refractivity contribution in [1.29, 1.82) is 0 Å². The quantitative estimate of drug-likeness (QED) is 0.736. The van der Waals surface area contributed by atoms with Gasteiger partial charge >= 0.3 is 0 Å². The van der Waals surface area contributed by atoms with Crippen LogP contribution in [0.3, 0.4) is 0 Å². The molecule has 1 aliphatic rings. The highest BCUT2D eigenvalue weighted by Gasteiger charge is 2.38. The van der Waals surface area contributed by atoms with E-state index < -0.39 is 9.84 Å². The van der Waals surface area contributed by atoms with Gasteiger partial charge in [-0.05, 0) is 27.3 Å². The van der Waals surface area contributed by atoms with E-state index in [0.717, 1.165) is 0 Å². The second-order valence-corrected chi connectivity index (χ2v) is 6.45. The van der Waals surface area contributed by atoms with Gasteiger partial charge in [-0.25, -0.2) is 8.42 Å². The molecule has 0 aromatic carbocycles. The number of hydrogen-bond acceptors (Lipinski definition) is 4. The molecule has 4 nitrogen and oxygen atoms in total. The van der Waals surface area contributed by atoms with Gasteiger partial charge in [-0.3, -0.25) is 0 Å². The van der Waals surface area contributed by atoms with Gasteiger partial charge in [-0.2, -0.15) is 0 Å². The molecule has 1 aliphatic heterocycles. The summed E-state index contributed by atoms with van der Waals surface area (Å²) in [7, 11) is -1.27. The molecule has 3 unspecified atom stereocenters. The molecule has 0 saturated carbocycles. The smallest absolute Gasteiger partial charge is 0.159 e. The van der Waals surface area contributed by atoms with Crippen LogP contribution < -0.4 is 5.32 Å². The van der Waals surface area contributed by atoms with Crippen molar-refractivity contribution < 1.29 is 13.2 Å². The van der Waals surface area contributed by atoms with Crippen molar-refractivity contribution in [3.63, 3.8) is 0 Å². The predicted octanol–water partition coefficient (Wildman–Crippen LogP) is 0.187. The third-order valence-electron chi connectivity index (χ3n) is 2.78. The molecule has 0 bridgehead atoms. The summed E-state index contributed by atoms with van der Waals surface area (Å²) in [6.07, 6.45) is 0.483. The zero-order valence-electron chi connectivity index (χ0n) is 8.99. The second-order valence-electron chi connectivity index (χ2n) is 3.86. The normalized spacial score (nSPS) is 30.5. The number of sulfone groups is 1. The molecule has 1 fully saturated rings. The average Bonchev–Trinajstić information content (AvgIpc) is 2.52. The fourth-order valence-corrected chi connectivity index (χ4v) is 3.88. The molecule has 0 aliphatic carbocycles. The Morgan fingerprint density at radius 1 is 1.57 bits per heavy atom. The van der Waals surface area contributed by atoms with Crippen LogP contribution in [0.2, 0.25) is 0 Å². The minimum atomic E-state index is -3.04. The molecule has 84 valence electrons. The highest BCUT2D eigenvalue weighted by atomic mass is 32.2. The van der Waals surface area contributed by atoms with Crippen molar-refractivity contribution in [2.45, 2.75) is 36.9 Å². The minimum Gasteiger partial charge on any atom is -0.377 e. The Labute approximate surface area is 85.9 Å². The first-order valence-electron chi connectivity index (χ1n) is 4.99. The average molecular weight is 221 g/mol. The molecular weight excluding hydrogens is 202 g/mol. The van der Waals surface area contributed by atoms with Gasteiger partial charge < -0.3 is 10.1 Å². The van der Waals surface area contributed by atoms with Crippen LogP contribution in [0.4, 0.5) is 0 Å². The first kappa shape index (κ1) is 11.9. The number of ether oxygens (including phenoxy) is 1. The van der Waals surface area contributed by atoms with Gasteiger partial charge in [0, 0.05) is 13.2 Å². The molecule has 3 atom stereocenters. The van der Waals surface area contributed by atoms with E-state index in [1.54, 1.807) is 14.0 Å².